The molecule has 0 bridgehead atoms. The van der Waals surface area contributed by atoms with E-state index in [1.807, 2.05) is 0 Å². The van der Waals surface area contributed by atoms with Crippen LogP contribution in [0.3, 0.4) is 0 Å². The van der Waals surface area contributed by atoms with Crippen molar-refractivity contribution in [3.05, 3.63) is 34.4 Å². The van der Waals surface area contributed by atoms with Crippen LogP contribution in [-0.4, -0.2) is 40.8 Å². The summed E-state index contributed by atoms with van der Waals surface area (Å²) in [6.07, 6.45) is 2.70. The second-order valence-electron chi connectivity index (χ2n) is 5.93. The zero-order chi connectivity index (χ0) is 16.8. The van der Waals surface area contributed by atoms with Crippen molar-refractivity contribution in [3.8, 4) is 0 Å². The predicted octanol–water partition coefficient (Wildman–Crippen LogP) is 1.61. The van der Waals surface area contributed by atoms with E-state index >= 15 is 0 Å². The summed E-state index contributed by atoms with van der Waals surface area (Å²) in [6.45, 7) is 0. The van der Waals surface area contributed by atoms with Gasteiger partial charge in [0.15, 0.2) is 0 Å². The lowest BCUT2D eigenvalue weighted by Gasteiger charge is -2.26. The zero-order valence-electron chi connectivity index (χ0n) is 12.2. The van der Waals surface area contributed by atoms with Crippen molar-refractivity contribution >= 4 is 21.7 Å². The van der Waals surface area contributed by atoms with Gasteiger partial charge in [0, 0.05) is 18.2 Å². The van der Waals surface area contributed by atoms with E-state index in [9.17, 15) is 28.4 Å². The third kappa shape index (κ3) is 2.59. The standard InChI is InChI=1S/C14H16N2O6S/c17-14(18)13-8-9-2-1-3-12(9)15(13)23(21,22)11-6-4-10(5-7-11)16(19)20/h4-7,9,12-13H,1-3,8H2,(H,17,18)/t9-,12-,13?/m1/s1. The van der Waals surface area contributed by atoms with Gasteiger partial charge in [-0.25, -0.2) is 8.42 Å². The maximum absolute atomic E-state index is 12.9. The van der Waals surface area contributed by atoms with Crippen LogP contribution in [-0.2, 0) is 14.8 Å². The molecule has 1 aliphatic heterocycles. The van der Waals surface area contributed by atoms with E-state index in [4.69, 9.17) is 0 Å². The number of non-ortho nitro benzene ring substituents is 1. The molecule has 0 radical (unpaired) electrons. The molecule has 2 aliphatic rings. The number of carboxylic acid groups (broad SMARTS) is 1. The molecule has 1 unspecified atom stereocenters. The first-order valence-electron chi connectivity index (χ1n) is 7.33. The number of hydrogen-bond acceptors (Lipinski definition) is 5. The van der Waals surface area contributed by atoms with E-state index in [2.05, 4.69) is 0 Å². The fourth-order valence-electron chi connectivity index (χ4n) is 3.67. The van der Waals surface area contributed by atoms with Crippen LogP contribution in [0.2, 0.25) is 0 Å². The summed E-state index contributed by atoms with van der Waals surface area (Å²) < 4.78 is 26.8. The van der Waals surface area contributed by atoms with Crippen molar-refractivity contribution in [1.29, 1.82) is 0 Å². The monoisotopic (exact) mass is 340 g/mol. The van der Waals surface area contributed by atoms with Gasteiger partial charge in [0.2, 0.25) is 10.0 Å². The van der Waals surface area contributed by atoms with Crippen LogP contribution < -0.4 is 0 Å². The minimum absolute atomic E-state index is 0.0731. The first-order valence-corrected chi connectivity index (χ1v) is 8.77. The van der Waals surface area contributed by atoms with Crippen molar-refractivity contribution in [3.63, 3.8) is 0 Å². The van der Waals surface area contributed by atoms with Crippen molar-refractivity contribution in [2.45, 2.75) is 42.7 Å². The SMILES string of the molecule is O=C(O)C1C[C@H]2CCC[C@H]2N1S(=O)(=O)c1ccc([N+](=O)[O-])cc1. The van der Waals surface area contributed by atoms with Crippen LogP contribution in [0.1, 0.15) is 25.7 Å². The van der Waals surface area contributed by atoms with Gasteiger partial charge in [-0.05, 0) is 37.3 Å². The summed E-state index contributed by atoms with van der Waals surface area (Å²) in [7, 11) is -4.00. The minimum Gasteiger partial charge on any atom is -0.480 e. The van der Waals surface area contributed by atoms with Gasteiger partial charge in [0.05, 0.1) is 9.82 Å². The fourth-order valence-corrected chi connectivity index (χ4v) is 5.53. The van der Waals surface area contributed by atoms with Gasteiger partial charge in [-0.3, -0.25) is 14.9 Å². The second-order valence-corrected chi connectivity index (χ2v) is 7.78. The number of sulfonamides is 1. The Balaban J connectivity index is 1.99. The Labute approximate surface area is 132 Å². The number of aliphatic carboxylic acids is 1. The number of hydrogen-bond donors (Lipinski definition) is 1. The van der Waals surface area contributed by atoms with Crippen LogP contribution in [0.25, 0.3) is 0 Å². The Hall–Kier alpha value is -2.00. The normalized spacial score (nSPS) is 27.7. The number of fused-ring (bicyclic) bond motifs is 1. The molecule has 1 saturated carbocycles. The summed E-state index contributed by atoms with van der Waals surface area (Å²) >= 11 is 0. The zero-order valence-corrected chi connectivity index (χ0v) is 13.0. The van der Waals surface area contributed by atoms with Crippen LogP contribution in [0.15, 0.2) is 29.2 Å². The summed E-state index contributed by atoms with van der Waals surface area (Å²) in [4.78, 5) is 21.4. The number of carbonyl (C=O) groups is 1. The number of rotatable bonds is 4. The highest BCUT2D eigenvalue weighted by molar-refractivity contribution is 7.89. The second kappa shape index (κ2) is 5.57. The van der Waals surface area contributed by atoms with Gasteiger partial charge in [0.25, 0.3) is 5.69 Å². The highest BCUT2D eigenvalue weighted by atomic mass is 32.2. The molecule has 0 amide bonds. The van der Waals surface area contributed by atoms with Crippen LogP contribution in [0, 0.1) is 16.0 Å². The maximum atomic E-state index is 12.9. The molecule has 1 aromatic carbocycles. The number of nitrogens with zero attached hydrogens (tertiary/aromatic N) is 2. The molecule has 0 spiro atoms. The van der Waals surface area contributed by atoms with E-state index < -0.39 is 27.0 Å². The smallest absolute Gasteiger partial charge is 0.322 e. The molecule has 3 rings (SSSR count). The van der Waals surface area contributed by atoms with E-state index in [0.717, 1.165) is 41.4 Å². The molecule has 8 nitrogen and oxygen atoms in total. The first kappa shape index (κ1) is 15.9. The van der Waals surface area contributed by atoms with Gasteiger partial charge in [-0.1, -0.05) is 6.42 Å². The molecular formula is C14H16N2O6S. The van der Waals surface area contributed by atoms with Gasteiger partial charge in [-0.15, -0.1) is 0 Å². The number of nitro benzene ring substituents is 1. The topological polar surface area (TPSA) is 118 Å². The number of nitro groups is 1. The van der Waals surface area contributed by atoms with Crippen molar-refractivity contribution in [2.24, 2.45) is 5.92 Å². The molecule has 1 heterocycles. The Morgan fingerprint density at radius 1 is 1.26 bits per heavy atom. The lowest BCUT2D eigenvalue weighted by molar-refractivity contribution is -0.384. The van der Waals surface area contributed by atoms with E-state index in [1.165, 1.54) is 0 Å². The Morgan fingerprint density at radius 3 is 2.48 bits per heavy atom. The Bertz CT molecular complexity index is 745. The highest BCUT2D eigenvalue weighted by Gasteiger charge is 2.52. The molecule has 0 aromatic heterocycles. The molecule has 1 aromatic rings. The van der Waals surface area contributed by atoms with Crippen LogP contribution in [0.5, 0.6) is 0 Å². The number of carboxylic acids is 1. The van der Waals surface area contributed by atoms with Gasteiger partial charge in [-0.2, -0.15) is 4.31 Å². The lowest BCUT2D eigenvalue weighted by atomic mass is 10.0. The van der Waals surface area contributed by atoms with Crippen LogP contribution in [0.4, 0.5) is 5.69 Å². The molecule has 1 saturated heterocycles. The molecular weight excluding hydrogens is 324 g/mol. The summed E-state index contributed by atoms with van der Waals surface area (Å²) in [5.41, 5.74) is -0.209. The predicted molar refractivity (Wildman–Crippen MR) is 79.3 cm³/mol. The molecule has 2 fully saturated rings. The van der Waals surface area contributed by atoms with Gasteiger partial charge < -0.3 is 5.11 Å². The summed E-state index contributed by atoms with van der Waals surface area (Å²) in [5, 5.41) is 20.0. The Morgan fingerprint density at radius 2 is 1.91 bits per heavy atom. The average molecular weight is 340 g/mol. The van der Waals surface area contributed by atoms with Crippen LogP contribution >= 0.6 is 0 Å². The van der Waals surface area contributed by atoms with E-state index in [1.54, 1.807) is 0 Å². The lowest BCUT2D eigenvalue weighted by Crippen LogP contribution is -2.44. The number of benzene rings is 1. The quantitative estimate of drug-likeness (QED) is 0.657. The largest absolute Gasteiger partial charge is 0.480 e. The summed E-state index contributed by atoms with van der Waals surface area (Å²) in [5.74, 6) is -1.08. The molecule has 23 heavy (non-hydrogen) atoms. The van der Waals surface area contributed by atoms with Crippen molar-refractivity contribution < 1.29 is 23.2 Å². The molecule has 9 heteroatoms. The summed E-state index contributed by atoms with van der Waals surface area (Å²) in [6, 6.07) is 3.20. The van der Waals surface area contributed by atoms with Gasteiger partial charge in [0.1, 0.15) is 6.04 Å². The molecule has 1 aliphatic carbocycles. The minimum atomic E-state index is -4.00. The van der Waals surface area contributed by atoms with Crippen molar-refractivity contribution in [1.82, 2.24) is 4.31 Å². The van der Waals surface area contributed by atoms with Crippen molar-refractivity contribution in [2.75, 3.05) is 0 Å². The maximum Gasteiger partial charge on any atom is 0.322 e. The molecule has 1 N–H and O–H groups in total. The highest BCUT2D eigenvalue weighted by Crippen LogP contribution is 2.44. The van der Waals surface area contributed by atoms with E-state index in [0.29, 0.717) is 12.8 Å². The Kier molecular flexibility index (Phi) is 3.85. The van der Waals surface area contributed by atoms with Gasteiger partial charge >= 0.3 is 5.97 Å². The van der Waals surface area contributed by atoms with E-state index in [-0.39, 0.29) is 22.5 Å². The third-order valence-electron chi connectivity index (χ3n) is 4.69. The molecule has 124 valence electrons. The average Bonchev–Trinajstić information content (AvgIpc) is 3.07. The third-order valence-corrected chi connectivity index (χ3v) is 6.64. The first-order chi connectivity index (χ1) is 10.8. The fraction of sp³-hybridized carbons (Fsp3) is 0.500. The molecule has 3 atom stereocenters.